The number of sulfonamides is 1. The highest BCUT2D eigenvalue weighted by atomic mass is 35.5. The predicted molar refractivity (Wildman–Crippen MR) is 79.5 cm³/mol. The maximum atomic E-state index is 12.1. The van der Waals surface area contributed by atoms with E-state index in [1.54, 1.807) is 0 Å². The summed E-state index contributed by atoms with van der Waals surface area (Å²) in [5, 5.41) is 3.25. The fraction of sp³-hybridized carbons (Fsp3) is 0.900. The molecule has 0 fully saturated rings. The van der Waals surface area contributed by atoms with Crippen LogP contribution in [0.15, 0.2) is 5.29 Å². The standard InChI is InChI=1S/C10H21ClN4O5S/c1-13(2)21(18,19)9-7-14(6-8-20-3)10(16)15(12-17)5-4-11/h4-9H2,1-3H3. The van der Waals surface area contributed by atoms with Crippen molar-refractivity contribution in [2.45, 2.75) is 0 Å². The summed E-state index contributed by atoms with van der Waals surface area (Å²) in [5.41, 5.74) is 0. The van der Waals surface area contributed by atoms with Gasteiger partial charge in [0.15, 0.2) is 0 Å². The third-order valence-corrected chi connectivity index (χ3v) is 4.61. The summed E-state index contributed by atoms with van der Waals surface area (Å²) in [5.74, 6) is -0.214. The Balaban J connectivity index is 4.86. The summed E-state index contributed by atoms with van der Waals surface area (Å²) in [4.78, 5) is 23.9. The number of halogens is 1. The highest BCUT2D eigenvalue weighted by Crippen LogP contribution is 2.03. The van der Waals surface area contributed by atoms with Gasteiger partial charge in [-0.05, 0) is 0 Å². The quantitative estimate of drug-likeness (QED) is 0.319. The van der Waals surface area contributed by atoms with Gasteiger partial charge in [0.05, 0.1) is 24.2 Å². The van der Waals surface area contributed by atoms with Gasteiger partial charge in [-0.15, -0.1) is 16.5 Å². The van der Waals surface area contributed by atoms with Crippen LogP contribution >= 0.6 is 11.6 Å². The SMILES string of the molecule is COCCN(CCS(=O)(=O)N(C)C)C(=O)N(CCCl)N=O. The molecule has 0 aliphatic rings. The second-order valence-corrected chi connectivity index (χ2v) is 6.93. The van der Waals surface area contributed by atoms with E-state index in [-0.39, 0.29) is 37.9 Å². The molecule has 0 bridgehead atoms. The van der Waals surface area contributed by atoms with Gasteiger partial charge in [-0.2, -0.15) is 5.01 Å². The first-order valence-electron chi connectivity index (χ1n) is 6.15. The van der Waals surface area contributed by atoms with Crippen molar-refractivity contribution in [3.05, 3.63) is 4.91 Å². The number of urea groups is 1. The molecule has 0 aromatic carbocycles. The minimum atomic E-state index is -3.45. The van der Waals surface area contributed by atoms with E-state index in [0.717, 1.165) is 4.31 Å². The van der Waals surface area contributed by atoms with Crippen LogP contribution in [0.25, 0.3) is 0 Å². The summed E-state index contributed by atoms with van der Waals surface area (Å²) in [6.45, 7) is 0.235. The van der Waals surface area contributed by atoms with E-state index < -0.39 is 16.1 Å². The third kappa shape index (κ3) is 7.02. The molecule has 0 spiro atoms. The lowest BCUT2D eigenvalue weighted by atomic mass is 10.5. The number of nitrogens with zero attached hydrogens (tertiary/aromatic N) is 4. The number of ether oxygens (including phenoxy) is 1. The molecule has 0 aliphatic carbocycles. The van der Waals surface area contributed by atoms with Gasteiger partial charge in [0, 0.05) is 40.2 Å². The topological polar surface area (TPSA) is 99.6 Å². The lowest BCUT2D eigenvalue weighted by molar-refractivity contribution is 0.129. The minimum absolute atomic E-state index is 0.0472. The van der Waals surface area contributed by atoms with E-state index in [1.807, 2.05) is 0 Å². The highest BCUT2D eigenvalue weighted by molar-refractivity contribution is 7.89. The number of amides is 2. The second-order valence-electron chi connectivity index (χ2n) is 4.25. The minimum Gasteiger partial charge on any atom is -0.383 e. The van der Waals surface area contributed by atoms with Gasteiger partial charge in [0.1, 0.15) is 0 Å². The Morgan fingerprint density at radius 2 is 1.86 bits per heavy atom. The molecule has 0 N–H and O–H groups in total. The molecule has 9 nitrogen and oxygen atoms in total. The number of methoxy groups -OCH3 is 1. The fourth-order valence-electron chi connectivity index (χ4n) is 1.33. The first-order chi connectivity index (χ1) is 9.80. The molecule has 0 saturated carbocycles. The molecule has 0 heterocycles. The van der Waals surface area contributed by atoms with Crippen molar-refractivity contribution in [3.8, 4) is 0 Å². The Morgan fingerprint density at radius 3 is 2.29 bits per heavy atom. The molecule has 11 heteroatoms. The van der Waals surface area contributed by atoms with Gasteiger partial charge >= 0.3 is 6.03 Å². The van der Waals surface area contributed by atoms with E-state index >= 15 is 0 Å². The first-order valence-corrected chi connectivity index (χ1v) is 8.29. The van der Waals surface area contributed by atoms with Crippen LogP contribution in [-0.2, 0) is 14.8 Å². The number of hydrogen-bond donors (Lipinski definition) is 0. The number of hydrogen-bond acceptors (Lipinski definition) is 6. The van der Waals surface area contributed by atoms with Crippen LogP contribution in [0.3, 0.4) is 0 Å². The molecule has 21 heavy (non-hydrogen) atoms. The zero-order chi connectivity index (χ0) is 16.5. The third-order valence-electron chi connectivity index (χ3n) is 2.63. The molecule has 0 atom stereocenters. The molecule has 0 radical (unpaired) electrons. The van der Waals surface area contributed by atoms with Crippen LogP contribution in [0.1, 0.15) is 0 Å². The number of nitroso groups, excluding NO2 is 1. The summed E-state index contributed by atoms with van der Waals surface area (Å²) in [7, 11) is 0.813. The van der Waals surface area contributed by atoms with Gasteiger partial charge in [0.2, 0.25) is 10.0 Å². The number of rotatable bonds is 10. The van der Waals surface area contributed by atoms with Crippen molar-refractivity contribution in [2.24, 2.45) is 5.29 Å². The van der Waals surface area contributed by atoms with Crippen LogP contribution < -0.4 is 0 Å². The molecule has 0 rings (SSSR count). The van der Waals surface area contributed by atoms with Gasteiger partial charge in [-0.3, -0.25) is 0 Å². The Hall–Kier alpha value is -0.970. The maximum Gasteiger partial charge on any atom is 0.343 e. The van der Waals surface area contributed by atoms with E-state index in [4.69, 9.17) is 16.3 Å². The zero-order valence-corrected chi connectivity index (χ0v) is 13.9. The predicted octanol–water partition coefficient (Wildman–Crippen LogP) is 0.168. The Labute approximate surface area is 129 Å². The fourth-order valence-corrected chi connectivity index (χ4v) is 2.30. The lowest BCUT2D eigenvalue weighted by Crippen LogP contribution is -2.45. The van der Waals surface area contributed by atoms with Crippen molar-refractivity contribution in [1.29, 1.82) is 0 Å². The average molecular weight is 345 g/mol. The normalized spacial score (nSPS) is 11.5. The second kappa shape index (κ2) is 9.87. The molecule has 2 amide bonds. The van der Waals surface area contributed by atoms with Crippen molar-refractivity contribution >= 4 is 27.7 Å². The molecule has 0 aromatic heterocycles. The number of carbonyl (C=O) groups excluding carboxylic acids is 1. The van der Waals surface area contributed by atoms with Crippen molar-refractivity contribution in [2.75, 3.05) is 59.1 Å². The Bertz CT molecular complexity index is 431. The maximum absolute atomic E-state index is 12.1. The molecule has 0 aliphatic heterocycles. The molecule has 0 unspecified atom stereocenters. The van der Waals surface area contributed by atoms with Gasteiger partial charge in [0.25, 0.3) is 0 Å². The van der Waals surface area contributed by atoms with Crippen LogP contribution in [0.2, 0.25) is 0 Å². The summed E-state index contributed by atoms with van der Waals surface area (Å²) >= 11 is 5.48. The largest absolute Gasteiger partial charge is 0.383 e. The van der Waals surface area contributed by atoms with E-state index in [2.05, 4.69) is 5.29 Å². The summed E-state index contributed by atoms with van der Waals surface area (Å²) < 4.78 is 29.4. The van der Waals surface area contributed by atoms with Crippen molar-refractivity contribution < 1.29 is 17.9 Å². The van der Waals surface area contributed by atoms with Crippen LogP contribution in [-0.4, -0.2) is 87.7 Å². The molecular weight excluding hydrogens is 324 g/mol. The van der Waals surface area contributed by atoms with Crippen molar-refractivity contribution in [3.63, 3.8) is 0 Å². The molecule has 0 aromatic rings. The number of alkyl halides is 1. The van der Waals surface area contributed by atoms with Crippen LogP contribution in [0.4, 0.5) is 4.79 Å². The summed E-state index contributed by atoms with van der Waals surface area (Å²) in [6.07, 6.45) is 0. The highest BCUT2D eigenvalue weighted by Gasteiger charge is 2.24. The molecule has 124 valence electrons. The number of carbonyl (C=O) groups is 1. The Morgan fingerprint density at radius 1 is 1.24 bits per heavy atom. The molecule has 0 saturated heterocycles. The van der Waals surface area contributed by atoms with E-state index in [1.165, 1.54) is 26.1 Å². The van der Waals surface area contributed by atoms with Gasteiger partial charge < -0.3 is 9.64 Å². The monoisotopic (exact) mass is 344 g/mol. The van der Waals surface area contributed by atoms with E-state index in [9.17, 15) is 18.1 Å². The molecular formula is C10H21ClN4O5S. The van der Waals surface area contributed by atoms with Crippen molar-refractivity contribution in [1.82, 2.24) is 14.2 Å². The lowest BCUT2D eigenvalue weighted by Gasteiger charge is -2.26. The van der Waals surface area contributed by atoms with Gasteiger partial charge in [-0.25, -0.2) is 17.5 Å². The smallest absolute Gasteiger partial charge is 0.343 e. The van der Waals surface area contributed by atoms with Gasteiger partial charge in [-0.1, -0.05) is 0 Å². The Kier molecular flexibility index (Phi) is 9.42. The zero-order valence-electron chi connectivity index (χ0n) is 12.4. The summed E-state index contributed by atoms with van der Waals surface area (Å²) in [6, 6.07) is -0.698. The van der Waals surface area contributed by atoms with E-state index in [0.29, 0.717) is 5.01 Å². The van der Waals surface area contributed by atoms with Crippen LogP contribution in [0.5, 0.6) is 0 Å². The van der Waals surface area contributed by atoms with Crippen LogP contribution in [0, 0.1) is 4.91 Å². The average Bonchev–Trinajstić information content (AvgIpc) is 2.44. The first kappa shape index (κ1) is 20.0.